The Morgan fingerprint density at radius 2 is 2.10 bits per heavy atom. The maximum atomic E-state index is 12.0. The third-order valence-corrected chi connectivity index (χ3v) is 4.75. The van der Waals surface area contributed by atoms with Gasteiger partial charge in [0, 0.05) is 23.8 Å². The van der Waals surface area contributed by atoms with Crippen molar-refractivity contribution in [3.05, 3.63) is 39.9 Å². The summed E-state index contributed by atoms with van der Waals surface area (Å²) in [5.41, 5.74) is 1.86. The molecule has 0 aliphatic heterocycles. The Kier molecular flexibility index (Phi) is 4.04. The lowest BCUT2D eigenvalue weighted by molar-refractivity contribution is -0.384. The molecule has 6 heteroatoms. The second-order valence-corrected chi connectivity index (χ2v) is 7.79. The van der Waals surface area contributed by atoms with Crippen LogP contribution in [0.4, 0.5) is 5.69 Å². The van der Waals surface area contributed by atoms with Crippen molar-refractivity contribution in [2.24, 2.45) is 4.40 Å². The number of nitro benzene ring substituents is 1. The van der Waals surface area contributed by atoms with E-state index in [1.165, 1.54) is 6.07 Å². The van der Waals surface area contributed by atoms with Crippen LogP contribution in [0, 0.1) is 10.1 Å². The molecule has 2 rings (SSSR count). The number of rotatable bonds is 3. The maximum Gasteiger partial charge on any atom is 0.269 e. The maximum absolute atomic E-state index is 12.0. The van der Waals surface area contributed by atoms with Gasteiger partial charge in [0.05, 0.1) is 9.67 Å². The molecule has 1 saturated carbocycles. The summed E-state index contributed by atoms with van der Waals surface area (Å²) in [5, 5.41) is 10.8. The molecule has 0 saturated heterocycles. The highest BCUT2D eigenvalue weighted by Crippen LogP contribution is 2.36. The Morgan fingerprint density at radius 3 is 2.60 bits per heavy atom. The highest BCUT2D eigenvalue weighted by atomic mass is 32.2. The summed E-state index contributed by atoms with van der Waals surface area (Å²) >= 11 is 0. The van der Waals surface area contributed by atoms with Crippen LogP contribution in [0.5, 0.6) is 0 Å². The second kappa shape index (κ2) is 5.44. The van der Waals surface area contributed by atoms with Gasteiger partial charge in [-0.25, -0.2) is 4.21 Å². The van der Waals surface area contributed by atoms with Crippen molar-refractivity contribution < 1.29 is 9.13 Å². The van der Waals surface area contributed by atoms with Crippen molar-refractivity contribution in [1.29, 1.82) is 0 Å². The zero-order chi connectivity index (χ0) is 14.9. The standard InChI is InChI=1S/C14H18N2O3S/c1-14(2,3)20(19)15-13-8-7-12(13)10-5-4-6-11(9-10)16(17)18/h4-6,9,12H,7-8H2,1-3H3/b15-13-. The Balaban J connectivity index is 2.23. The van der Waals surface area contributed by atoms with E-state index in [0.717, 1.165) is 24.1 Å². The number of hydrogen-bond donors (Lipinski definition) is 0. The monoisotopic (exact) mass is 294 g/mol. The molecule has 2 unspecified atom stereocenters. The summed E-state index contributed by atoms with van der Waals surface area (Å²) in [7, 11) is -1.27. The van der Waals surface area contributed by atoms with E-state index >= 15 is 0 Å². The molecule has 0 aromatic heterocycles. The Bertz CT molecular complexity index is 590. The summed E-state index contributed by atoms with van der Waals surface area (Å²) in [6.45, 7) is 5.65. The highest BCUT2D eigenvalue weighted by Gasteiger charge is 2.31. The van der Waals surface area contributed by atoms with Crippen LogP contribution in [0.1, 0.15) is 45.1 Å². The molecule has 108 valence electrons. The van der Waals surface area contributed by atoms with Gasteiger partial charge in [0.25, 0.3) is 5.69 Å². The molecule has 1 fully saturated rings. The fourth-order valence-corrected chi connectivity index (χ4v) is 2.69. The normalized spacial score (nSPS) is 22.4. The lowest BCUT2D eigenvalue weighted by Gasteiger charge is -2.29. The molecular formula is C14H18N2O3S. The quantitative estimate of drug-likeness (QED) is 0.633. The summed E-state index contributed by atoms with van der Waals surface area (Å²) < 4.78 is 16.0. The Labute approximate surface area is 120 Å². The molecule has 0 radical (unpaired) electrons. The van der Waals surface area contributed by atoms with Gasteiger partial charge in [-0.1, -0.05) is 12.1 Å². The Hall–Kier alpha value is -1.56. The van der Waals surface area contributed by atoms with E-state index in [9.17, 15) is 14.3 Å². The zero-order valence-electron chi connectivity index (χ0n) is 11.8. The topological polar surface area (TPSA) is 72.6 Å². The third-order valence-electron chi connectivity index (χ3n) is 3.30. The molecule has 5 nitrogen and oxygen atoms in total. The first-order chi connectivity index (χ1) is 9.29. The lowest BCUT2D eigenvalue weighted by Crippen LogP contribution is -2.28. The van der Waals surface area contributed by atoms with E-state index in [1.54, 1.807) is 12.1 Å². The van der Waals surface area contributed by atoms with Gasteiger partial charge < -0.3 is 0 Å². The molecule has 0 bridgehead atoms. The summed E-state index contributed by atoms with van der Waals surface area (Å²) in [6.07, 6.45) is 1.72. The predicted octanol–water partition coefficient (Wildman–Crippen LogP) is 3.38. The average molecular weight is 294 g/mol. The van der Waals surface area contributed by atoms with Crippen LogP contribution in [-0.4, -0.2) is 19.6 Å². The van der Waals surface area contributed by atoms with Crippen LogP contribution in [0.25, 0.3) is 0 Å². The lowest BCUT2D eigenvalue weighted by atomic mass is 9.78. The molecule has 0 N–H and O–H groups in total. The van der Waals surface area contributed by atoms with Gasteiger partial charge in [0.2, 0.25) is 0 Å². The first-order valence-corrected chi connectivity index (χ1v) is 7.63. The van der Waals surface area contributed by atoms with Crippen LogP contribution in [-0.2, 0) is 11.0 Å². The van der Waals surface area contributed by atoms with Gasteiger partial charge in [0.1, 0.15) is 11.0 Å². The van der Waals surface area contributed by atoms with Gasteiger partial charge >= 0.3 is 0 Å². The Morgan fingerprint density at radius 1 is 1.40 bits per heavy atom. The minimum Gasteiger partial charge on any atom is -0.258 e. The molecule has 1 aliphatic rings. The fraction of sp³-hybridized carbons (Fsp3) is 0.500. The van der Waals surface area contributed by atoms with Crippen LogP contribution in [0.2, 0.25) is 0 Å². The summed E-state index contributed by atoms with van der Waals surface area (Å²) in [4.78, 5) is 10.4. The van der Waals surface area contributed by atoms with Crippen molar-refractivity contribution in [2.75, 3.05) is 0 Å². The van der Waals surface area contributed by atoms with Gasteiger partial charge in [-0.2, -0.15) is 4.40 Å². The molecule has 0 amide bonds. The van der Waals surface area contributed by atoms with Gasteiger partial charge in [0.15, 0.2) is 0 Å². The minimum absolute atomic E-state index is 0.0706. The van der Waals surface area contributed by atoms with Gasteiger partial charge in [-0.3, -0.25) is 10.1 Å². The van der Waals surface area contributed by atoms with Gasteiger partial charge in [-0.05, 0) is 39.2 Å². The number of nitrogens with zero attached hydrogens (tertiary/aromatic N) is 2. The molecule has 20 heavy (non-hydrogen) atoms. The first kappa shape index (κ1) is 14.8. The van der Waals surface area contributed by atoms with E-state index in [2.05, 4.69) is 4.40 Å². The van der Waals surface area contributed by atoms with Crippen molar-refractivity contribution >= 4 is 22.4 Å². The largest absolute Gasteiger partial charge is 0.269 e. The molecule has 1 aromatic carbocycles. The second-order valence-electron chi connectivity index (χ2n) is 5.89. The number of non-ortho nitro benzene ring substituents is 1. The summed E-state index contributed by atoms with van der Waals surface area (Å²) in [6, 6.07) is 6.61. The smallest absolute Gasteiger partial charge is 0.258 e. The molecule has 1 aromatic rings. The highest BCUT2D eigenvalue weighted by molar-refractivity contribution is 7.85. The molecule has 2 atom stereocenters. The predicted molar refractivity (Wildman–Crippen MR) is 80.4 cm³/mol. The number of hydrogen-bond acceptors (Lipinski definition) is 3. The first-order valence-electron chi connectivity index (χ1n) is 6.53. The van der Waals surface area contributed by atoms with Crippen LogP contribution in [0.3, 0.4) is 0 Å². The van der Waals surface area contributed by atoms with E-state index < -0.39 is 15.9 Å². The zero-order valence-corrected chi connectivity index (χ0v) is 12.6. The number of benzene rings is 1. The average Bonchev–Trinajstić information content (AvgIpc) is 2.33. The summed E-state index contributed by atoms with van der Waals surface area (Å²) in [5.74, 6) is 0.0706. The van der Waals surface area contributed by atoms with Crippen LogP contribution < -0.4 is 0 Å². The molecular weight excluding hydrogens is 276 g/mol. The van der Waals surface area contributed by atoms with Gasteiger partial charge in [-0.15, -0.1) is 0 Å². The van der Waals surface area contributed by atoms with E-state index in [-0.39, 0.29) is 16.4 Å². The molecule has 0 heterocycles. The van der Waals surface area contributed by atoms with Crippen molar-refractivity contribution in [3.8, 4) is 0 Å². The van der Waals surface area contributed by atoms with Crippen LogP contribution >= 0.6 is 0 Å². The molecule has 1 aliphatic carbocycles. The van der Waals surface area contributed by atoms with Crippen LogP contribution in [0.15, 0.2) is 28.7 Å². The van der Waals surface area contributed by atoms with E-state index in [1.807, 2.05) is 26.8 Å². The SMILES string of the molecule is CC(C)(C)S(=O)/N=C1/CCC1c1cccc([N+](=O)[O-])c1. The fourth-order valence-electron chi connectivity index (χ4n) is 1.98. The molecule has 0 spiro atoms. The van der Waals surface area contributed by atoms with E-state index in [0.29, 0.717) is 0 Å². The van der Waals surface area contributed by atoms with Crippen molar-refractivity contribution in [2.45, 2.75) is 44.3 Å². The minimum atomic E-state index is -1.27. The van der Waals surface area contributed by atoms with E-state index in [4.69, 9.17) is 0 Å². The third kappa shape index (κ3) is 3.12. The van der Waals surface area contributed by atoms with Crippen molar-refractivity contribution in [1.82, 2.24) is 0 Å². The number of nitro groups is 1. The van der Waals surface area contributed by atoms with Crippen molar-refractivity contribution in [3.63, 3.8) is 0 Å².